The predicted molar refractivity (Wildman–Crippen MR) is 81.8 cm³/mol. The van der Waals surface area contributed by atoms with Gasteiger partial charge < -0.3 is 4.74 Å². The number of thioether (sulfide) groups is 1. The third-order valence-electron chi connectivity index (χ3n) is 2.77. The first kappa shape index (κ1) is 14.2. The van der Waals surface area contributed by atoms with Crippen molar-refractivity contribution in [1.29, 1.82) is 0 Å². The van der Waals surface area contributed by atoms with Gasteiger partial charge in [0.2, 0.25) is 5.78 Å². The first-order valence-electron chi connectivity index (χ1n) is 5.98. The molecule has 2 aromatic rings. The lowest BCUT2D eigenvalue weighted by Gasteiger charge is -2.08. The Labute approximate surface area is 121 Å². The van der Waals surface area contributed by atoms with E-state index in [0.29, 0.717) is 0 Å². The molecule has 0 fully saturated rings. The SMILES string of the molecule is CSc1ccccc1OCC(=O)c1cc(C)sc1C. The topological polar surface area (TPSA) is 26.3 Å². The van der Waals surface area contributed by atoms with Gasteiger partial charge in [0.05, 0.1) is 0 Å². The Morgan fingerprint density at radius 1 is 1.32 bits per heavy atom. The maximum absolute atomic E-state index is 12.1. The molecule has 4 heteroatoms. The lowest BCUT2D eigenvalue weighted by Crippen LogP contribution is -2.12. The van der Waals surface area contributed by atoms with E-state index >= 15 is 0 Å². The zero-order valence-electron chi connectivity index (χ0n) is 11.2. The Hall–Kier alpha value is -1.26. The number of hydrogen-bond donors (Lipinski definition) is 0. The van der Waals surface area contributed by atoms with Crippen LogP contribution in [0.2, 0.25) is 0 Å². The molecule has 0 unspecified atom stereocenters. The fourth-order valence-electron chi connectivity index (χ4n) is 1.87. The number of hydrogen-bond acceptors (Lipinski definition) is 4. The molecule has 100 valence electrons. The second-order valence-electron chi connectivity index (χ2n) is 4.19. The molecule has 0 saturated carbocycles. The minimum Gasteiger partial charge on any atom is -0.484 e. The fourth-order valence-corrected chi connectivity index (χ4v) is 3.35. The van der Waals surface area contributed by atoms with E-state index in [9.17, 15) is 4.79 Å². The van der Waals surface area contributed by atoms with Crippen LogP contribution >= 0.6 is 23.1 Å². The molecule has 0 aliphatic carbocycles. The van der Waals surface area contributed by atoms with E-state index in [0.717, 1.165) is 26.0 Å². The summed E-state index contributed by atoms with van der Waals surface area (Å²) >= 11 is 3.26. The molecule has 0 N–H and O–H groups in total. The quantitative estimate of drug-likeness (QED) is 0.605. The van der Waals surface area contributed by atoms with Crippen LogP contribution in [-0.4, -0.2) is 18.6 Å². The van der Waals surface area contributed by atoms with Crippen molar-refractivity contribution >= 4 is 28.9 Å². The molecule has 0 radical (unpaired) electrons. The third-order valence-corrected chi connectivity index (χ3v) is 4.51. The van der Waals surface area contributed by atoms with Gasteiger partial charge in [-0.15, -0.1) is 23.1 Å². The molecule has 0 saturated heterocycles. The predicted octanol–water partition coefficient (Wildman–Crippen LogP) is 4.35. The highest BCUT2D eigenvalue weighted by molar-refractivity contribution is 7.98. The summed E-state index contributed by atoms with van der Waals surface area (Å²) in [6.45, 7) is 4.08. The van der Waals surface area contributed by atoms with Gasteiger partial charge in [-0.3, -0.25) is 4.79 Å². The van der Waals surface area contributed by atoms with Crippen molar-refractivity contribution in [3.8, 4) is 5.75 Å². The third kappa shape index (κ3) is 3.39. The molecule has 0 bridgehead atoms. The van der Waals surface area contributed by atoms with E-state index in [1.54, 1.807) is 23.1 Å². The Morgan fingerprint density at radius 2 is 2.05 bits per heavy atom. The Balaban J connectivity index is 2.06. The standard InChI is InChI=1S/C15H16O2S2/c1-10-8-12(11(2)19-10)13(16)9-17-14-6-4-5-7-15(14)18-3/h4-8H,9H2,1-3H3. The summed E-state index contributed by atoms with van der Waals surface area (Å²) in [6, 6.07) is 9.70. The van der Waals surface area contributed by atoms with Gasteiger partial charge in [0.15, 0.2) is 6.61 Å². The maximum Gasteiger partial charge on any atom is 0.201 e. The normalized spacial score (nSPS) is 10.5. The summed E-state index contributed by atoms with van der Waals surface area (Å²) in [5.74, 6) is 0.811. The summed E-state index contributed by atoms with van der Waals surface area (Å²) in [6.07, 6.45) is 2.00. The molecule has 0 aliphatic rings. The first-order valence-corrected chi connectivity index (χ1v) is 8.02. The number of thiophene rings is 1. The van der Waals surface area contributed by atoms with E-state index in [-0.39, 0.29) is 12.4 Å². The van der Waals surface area contributed by atoms with Crippen molar-refractivity contribution in [3.05, 3.63) is 45.6 Å². The van der Waals surface area contributed by atoms with Crippen molar-refractivity contribution in [1.82, 2.24) is 0 Å². The van der Waals surface area contributed by atoms with Gasteiger partial charge in [0, 0.05) is 20.2 Å². The molecule has 0 aliphatic heterocycles. The van der Waals surface area contributed by atoms with Crippen molar-refractivity contribution < 1.29 is 9.53 Å². The molecule has 2 nitrogen and oxygen atoms in total. The monoisotopic (exact) mass is 292 g/mol. The highest BCUT2D eigenvalue weighted by atomic mass is 32.2. The molecule has 1 heterocycles. The van der Waals surface area contributed by atoms with Gasteiger partial charge in [-0.25, -0.2) is 0 Å². The number of benzene rings is 1. The number of carbonyl (C=O) groups is 1. The van der Waals surface area contributed by atoms with Crippen molar-refractivity contribution in [2.24, 2.45) is 0 Å². The molecular weight excluding hydrogens is 276 g/mol. The van der Waals surface area contributed by atoms with Gasteiger partial charge in [0.1, 0.15) is 5.75 Å². The molecule has 0 atom stereocenters. The van der Waals surface area contributed by atoms with Crippen LogP contribution in [0.15, 0.2) is 35.2 Å². The van der Waals surface area contributed by atoms with E-state index in [4.69, 9.17) is 4.74 Å². The van der Waals surface area contributed by atoms with Crippen LogP contribution in [0.25, 0.3) is 0 Å². The lowest BCUT2D eigenvalue weighted by molar-refractivity contribution is 0.0919. The average Bonchev–Trinajstić information content (AvgIpc) is 2.75. The minimum atomic E-state index is 0.0396. The molecule has 0 spiro atoms. The van der Waals surface area contributed by atoms with Crippen LogP contribution in [0, 0.1) is 13.8 Å². The Kier molecular flexibility index (Phi) is 4.66. The molecule has 2 rings (SSSR count). The van der Waals surface area contributed by atoms with E-state index in [1.165, 1.54) is 0 Å². The van der Waals surface area contributed by atoms with Crippen LogP contribution in [0.4, 0.5) is 0 Å². The van der Waals surface area contributed by atoms with Crippen molar-refractivity contribution in [3.63, 3.8) is 0 Å². The zero-order chi connectivity index (χ0) is 13.8. The number of ketones is 1. The van der Waals surface area contributed by atoms with E-state index < -0.39 is 0 Å². The molecule has 0 amide bonds. The first-order chi connectivity index (χ1) is 9.11. The number of para-hydroxylation sites is 1. The van der Waals surface area contributed by atoms with E-state index in [2.05, 4.69) is 0 Å². The van der Waals surface area contributed by atoms with Gasteiger partial charge >= 0.3 is 0 Å². The zero-order valence-corrected chi connectivity index (χ0v) is 12.9. The molecule has 19 heavy (non-hydrogen) atoms. The summed E-state index contributed by atoms with van der Waals surface area (Å²) < 4.78 is 5.64. The number of Topliss-reactive ketones (excluding diaryl/α,β-unsaturated/α-hetero) is 1. The van der Waals surface area contributed by atoms with Crippen molar-refractivity contribution in [2.75, 3.05) is 12.9 Å². The van der Waals surface area contributed by atoms with Gasteiger partial charge in [0.25, 0.3) is 0 Å². The Morgan fingerprint density at radius 3 is 2.68 bits per heavy atom. The summed E-state index contributed by atoms with van der Waals surface area (Å²) in [7, 11) is 0. The van der Waals surface area contributed by atoms with E-state index in [1.807, 2.05) is 50.4 Å². The van der Waals surface area contributed by atoms with Gasteiger partial charge in [-0.2, -0.15) is 0 Å². The summed E-state index contributed by atoms with van der Waals surface area (Å²) in [4.78, 5) is 15.4. The summed E-state index contributed by atoms with van der Waals surface area (Å²) in [5, 5.41) is 0. The molecular formula is C15H16O2S2. The Bertz CT molecular complexity index is 588. The van der Waals surface area contributed by atoms with Crippen LogP contribution in [0.1, 0.15) is 20.1 Å². The van der Waals surface area contributed by atoms with Crippen LogP contribution in [-0.2, 0) is 0 Å². The second-order valence-corrected chi connectivity index (χ2v) is 6.50. The highest BCUT2D eigenvalue weighted by Crippen LogP contribution is 2.27. The smallest absolute Gasteiger partial charge is 0.201 e. The van der Waals surface area contributed by atoms with Crippen LogP contribution in [0.5, 0.6) is 5.75 Å². The van der Waals surface area contributed by atoms with Crippen LogP contribution in [0.3, 0.4) is 0 Å². The van der Waals surface area contributed by atoms with Gasteiger partial charge in [-0.05, 0) is 38.3 Å². The number of carbonyl (C=O) groups excluding carboxylic acids is 1. The number of ether oxygens (including phenoxy) is 1. The van der Waals surface area contributed by atoms with Gasteiger partial charge in [-0.1, -0.05) is 12.1 Å². The maximum atomic E-state index is 12.1. The highest BCUT2D eigenvalue weighted by Gasteiger charge is 2.13. The fraction of sp³-hybridized carbons (Fsp3) is 0.267. The van der Waals surface area contributed by atoms with Crippen LogP contribution < -0.4 is 4.74 Å². The molecule has 1 aromatic carbocycles. The average molecular weight is 292 g/mol. The second kappa shape index (κ2) is 6.26. The van der Waals surface area contributed by atoms with Crippen molar-refractivity contribution in [2.45, 2.75) is 18.7 Å². The number of rotatable bonds is 5. The lowest BCUT2D eigenvalue weighted by atomic mass is 10.2. The molecule has 1 aromatic heterocycles. The largest absolute Gasteiger partial charge is 0.484 e. The number of aryl methyl sites for hydroxylation is 2. The summed E-state index contributed by atoms with van der Waals surface area (Å²) in [5.41, 5.74) is 0.782. The minimum absolute atomic E-state index is 0.0396.